The third-order valence-corrected chi connectivity index (χ3v) is 6.25. The van der Waals surface area contributed by atoms with Crippen molar-refractivity contribution < 1.29 is 4.74 Å². The molecule has 1 fully saturated rings. The number of thiazole rings is 1. The van der Waals surface area contributed by atoms with Crippen LogP contribution in [0.15, 0.2) is 10.4 Å². The lowest BCUT2D eigenvalue weighted by Crippen LogP contribution is -2.69. The average Bonchev–Trinajstić information content (AvgIpc) is 2.99. The molecule has 2 N–H and O–H groups in total. The van der Waals surface area contributed by atoms with Gasteiger partial charge in [-0.25, -0.2) is 4.98 Å². The molecular weight excluding hydrogens is 435 g/mol. The van der Waals surface area contributed by atoms with Crippen LogP contribution in [0.5, 0.6) is 0 Å². The number of hydrogen-bond acceptors (Lipinski definition) is 4. The summed E-state index contributed by atoms with van der Waals surface area (Å²) in [6, 6.07) is 0.348. The fourth-order valence-electron chi connectivity index (χ4n) is 2.91. The van der Waals surface area contributed by atoms with Crippen molar-refractivity contribution in [2.45, 2.75) is 65.1 Å². The summed E-state index contributed by atoms with van der Waals surface area (Å²) in [5.74, 6) is 1.29. The number of aromatic nitrogens is 1. The molecule has 2 rings (SSSR count). The van der Waals surface area contributed by atoms with E-state index in [0.717, 1.165) is 23.1 Å². The first-order chi connectivity index (χ1) is 10.7. The van der Waals surface area contributed by atoms with Crippen molar-refractivity contribution in [1.82, 2.24) is 15.6 Å². The van der Waals surface area contributed by atoms with Gasteiger partial charge in [0.1, 0.15) is 5.01 Å². The Kier molecular flexibility index (Phi) is 7.49. The van der Waals surface area contributed by atoms with E-state index in [0.29, 0.717) is 18.5 Å². The van der Waals surface area contributed by atoms with Gasteiger partial charge in [-0.15, -0.1) is 35.3 Å². The van der Waals surface area contributed by atoms with Crippen LogP contribution in [0.3, 0.4) is 0 Å². The molecule has 2 atom stereocenters. The summed E-state index contributed by atoms with van der Waals surface area (Å²) < 4.78 is 5.68. The first-order valence-electron chi connectivity index (χ1n) is 8.20. The van der Waals surface area contributed by atoms with Crippen molar-refractivity contribution in [2.24, 2.45) is 10.4 Å². The number of ether oxygens (including phenoxy) is 1. The molecule has 0 radical (unpaired) electrons. The van der Waals surface area contributed by atoms with E-state index in [1.165, 1.54) is 0 Å². The van der Waals surface area contributed by atoms with Gasteiger partial charge < -0.3 is 15.4 Å². The van der Waals surface area contributed by atoms with Crippen molar-refractivity contribution in [3.8, 4) is 0 Å². The maximum Gasteiger partial charge on any atom is 0.191 e. The van der Waals surface area contributed by atoms with Crippen LogP contribution in [0.4, 0.5) is 0 Å². The van der Waals surface area contributed by atoms with Gasteiger partial charge in [-0.3, -0.25) is 4.99 Å². The fraction of sp³-hybridized carbons (Fsp3) is 0.765. The number of nitrogens with zero attached hydrogens (tertiary/aromatic N) is 2. The molecule has 2 unspecified atom stereocenters. The Hall–Kier alpha value is -0.410. The quantitative estimate of drug-likeness (QED) is 0.394. The second-order valence-electron chi connectivity index (χ2n) is 7.30. The monoisotopic (exact) mass is 466 g/mol. The number of nitrogens with one attached hydrogen (secondary N) is 2. The van der Waals surface area contributed by atoms with Crippen molar-refractivity contribution in [1.29, 1.82) is 0 Å². The van der Waals surface area contributed by atoms with Crippen LogP contribution < -0.4 is 10.6 Å². The van der Waals surface area contributed by atoms with Gasteiger partial charge in [0.2, 0.25) is 0 Å². The van der Waals surface area contributed by atoms with Gasteiger partial charge in [0.25, 0.3) is 0 Å². The SMILES string of the molecule is CN=C(NCc1nc(C(C)C)cs1)NC1CC(C)(OC)C1(C)C.I. The van der Waals surface area contributed by atoms with Crippen LogP contribution in [-0.4, -0.2) is 36.7 Å². The molecule has 5 nitrogen and oxygen atoms in total. The smallest absolute Gasteiger partial charge is 0.191 e. The molecule has 0 saturated heterocycles. The van der Waals surface area contributed by atoms with Crippen molar-refractivity contribution in [2.75, 3.05) is 14.2 Å². The first kappa shape index (κ1) is 21.6. The summed E-state index contributed by atoms with van der Waals surface area (Å²) in [5.41, 5.74) is 1.14. The van der Waals surface area contributed by atoms with Crippen molar-refractivity contribution in [3.63, 3.8) is 0 Å². The van der Waals surface area contributed by atoms with E-state index >= 15 is 0 Å². The van der Waals surface area contributed by atoms with Gasteiger partial charge in [-0.2, -0.15) is 0 Å². The number of methoxy groups -OCH3 is 1. The lowest BCUT2D eigenvalue weighted by Gasteiger charge is -2.59. The highest BCUT2D eigenvalue weighted by molar-refractivity contribution is 14.0. The number of aliphatic imine (C=N–C) groups is 1. The van der Waals surface area contributed by atoms with E-state index in [-0.39, 0.29) is 35.0 Å². The molecule has 1 aromatic rings. The molecule has 0 bridgehead atoms. The van der Waals surface area contributed by atoms with Gasteiger partial charge in [0.05, 0.1) is 17.8 Å². The highest BCUT2D eigenvalue weighted by Crippen LogP contribution is 2.51. The number of guanidine groups is 1. The molecule has 0 spiro atoms. The van der Waals surface area contributed by atoms with E-state index in [2.05, 4.69) is 60.6 Å². The Balaban J connectivity index is 0.00000288. The van der Waals surface area contributed by atoms with Crippen LogP contribution in [-0.2, 0) is 11.3 Å². The maximum absolute atomic E-state index is 5.68. The standard InChI is InChI=1S/C17H30N4OS.HI/c1-11(2)12-10-23-14(20-12)9-19-15(18-6)21-13-8-17(5,22-7)16(13,3)4;/h10-11,13H,8-9H2,1-7H3,(H2,18,19,21);1H. The van der Waals surface area contributed by atoms with Crippen LogP contribution in [0.1, 0.15) is 57.7 Å². The normalized spacial score (nSPS) is 25.8. The summed E-state index contributed by atoms with van der Waals surface area (Å²) in [4.78, 5) is 8.98. The Morgan fingerprint density at radius 3 is 2.58 bits per heavy atom. The van der Waals surface area contributed by atoms with E-state index in [9.17, 15) is 0 Å². The topological polar surface area (TPSA) is 58.5 Å². The summed E-state index contributed by atoms with van der Waals surface area (Å²) in [6.45, 7) is 11.7. The predicted molar refractivity (Wildman–Crippen MR) is 113 cm³/mol. The van der Waals surface area contributed by atoms with Crippen molar-refractivity contribution in [3.05, 3.63) is 16.1 Å². The molecule has 1 aromatic heterocycles. The Morgan fingerprint density at radius 1 is 1.46 bits per heavy atom. The highest BCUT2D eigenvalue weighted by atomic mass is 127. The Bertz CT molecular complexity index is 573. The average molecular weight is 466 g/mol. The van der Waals surface area contributed by atoms with Gasteiger partial charge in [-0.1, -0.05) is 27.7 Å². The molecule has 0 amide bonds. The van der Waals surface area contributed by atoms with E-state index < -0.39 is 0 Å². The van der Waals surface area contributed by atoms with E-state index in [1.54, 1.807) is 25.5 Å². The first-order valence-corrected chi connectivity index (χ1v) is 9.08. The van der Waals surface area contributed by atoms with Crippen LogP contribution >= 0.6 is 35.3 Å². The zero-order chi connectivity index (χ0) is 17.3. The van der Waals surface area contributed by atoms with Gasteiger partial charge >= 0.3 is 0 Å². The van der Waals surface area contributed by atoms with Gasteiger partial charge in [0, 0.05) is 31.0 Å². The lowest BCUT2D eigenvalue weighted by atomic mass is 9.56. The zero-order valence-corrected chi connectivity index (χ0v) is 18.9. The minimum atomic E-state index is -0.0784. The Labute approximate surface area is 167 Å². The van der Waals surface area contributed by atoms with E-state index in [1.807, 2.05) is 0 Å². The molecule has 1 aliphatic carbocycles. The second kappa shape index (κ2) is 8.31. The molecule has 1 saturated carbocycles. The second-order valence-corrected chi connectivity index (χ2v) is 8.25. The number of rotatable bonds is 5. The predicted octanol–water partition coefficient (Wildman–Crippen LogP) is 3.75. The Morgan fingerprint density at radius 2 is 2.12 bits per heavy atom. The molecule has 138 valence electrons. The molecule has 0 aliphatic heterocycles. The largest absolute Gasteiger partial charge is 0.378 e. The molecule has 1 heterocycles. The summed E-state index contributed by atoms with van der Waals surface area (Å²) >= 11 is 1.70. The van der Waals surface area contributed by atoms with Gasteiger partial charge in [-0.05, 0) is 19.3 Å². The summed E-state index contributed by atoms with van der Waals surface area (Å²) in [5, 5.41) is 10.1. The maximum atomic E-state index is 5.68. The van der Waals surface area contributed by atoms with Crippen LogP contribution in [0, 0.1) is 5.41 Å². The van der Waals surface area contributed by atoms with Gasteiger partial charge in [0.15, 0.2) is 5.96 Å². The van der Waals surface area contributed by atoms with Crippen LogP contribution in [0.25, 0.3) is 0 Å². The minimum absolute atomic E-state index is 0. The summed E-state index contributed by atoms with van der Waals surface area (Å²) in [7, 11) is 3.59. The fourth-order valence-corrected chi connectivity index (χ4v) is 3.81. The lowest BCUT2D eigenvalue weighted by molar-refractivity contribution is -0.176. The molecule has 1 aliphatic rings. The minimum Gasteiger partial charge on any atom is -0.378 e. The molecule has 7 heteroatoms. The zero-order valence-electron chi connectivity index (χ0n) is 15.8. The highest BCUT2D eigenvalue weighted by Gasteiger charge is 2.58. The third-order valence-electron chi connectivity index (χ3n) is 5.38. The van der Waals surface area contributed by atoms with Crippen molar-refractivity contribution >= 4 is 41.3 Å². The number of hydrogen-bond donors (Lipinski definition) is 2. The molecular formula is C17H31IN4OS. The molecule has 24 heavy (non-hydrogen) atoms. The molecule has 0 aromatic carbocycles. The third kappa shape index (κ3) is 4.22. The summed E-state index contributed by atoms with van der Waals surface area (Å²) in [6.07, 6.45) is 0.978. The number of halogens is 1. The van der Waals surface area contributed by atoms with E-state index in [4.69, 9.17) is 4.74 Å². The van der Waals surface area contributed by atoms with Crippen LogP contribution in [0.2, 0.25) is 0 Å².